The summed E-state index contributed by atoms with van der Waals surface area (Å²) in [7, 11) is 0. The summed E-state index contributed by atoms with van der Waals surface area (Å²) in [6, 6.07) is 0. The van der Waals surface area contributed by atoms with Crippen LogP contribution in [0.5, 0.6) is 0 Å². The predicted molar refractivity (Wildman–Crippen MR) is 56.8 cm³/mol. The maximum Gasteiger partial charge on any atom is 0.225 e. The van der Waals surface area contributed by atoms with Crippen molar-refractivity contribution in [1.82, 2.24) is 10.6 Å². The number of halogens is 3. The molecule has 14 heavy (non-hydrogen) atoms. The molecular formula is C6H8BrCl2N3O2. The van der Waals surface area contributed by atoms with Crippen LogP contribution in [0, 0.1) is 5.21 Å². The molecule has 0 radical (unpaired) electrons. The highest BCUT2D eigenvalue weighted by Crippen LogP contribution is 2.24. The Bertz CT molecular complexity index is 281. The molecule has 1 rings (SSSR count). The van der Waals surface area contributed by atoms with Crippen molar-refractivity contribution in [3.63, 3.8) is 0 Å². The van der Waals surface area contributed by atoms with Crippen molar-refractivity contribution in [2.24, 2.45) is 0 Å². The number of allylic oxidation sites excluding steroid dienone is 1. The van der Waals surface area contributed by atoms with Crippen molar-refractivity contribution >= 4 is 39.1 Å². The number of hydrogen-bond donors (Lipinski definition) is 4. The molecule has 1 heterocycles. The SMILES string of the molecule is [O-][NH+](O)C(=C1NCCN1)/C(Cl)=C(\Cl)Br. The molecule has 0 amide bonds. The van der Waals surface area contributed by atoms with Crippen LogP contribution in [0.3, 0.4) is 0 Å². The van der Waals surface area contributed by atoms with Crippen LogP contribution < -0.4 is 15.9 Å². The number of rotatable bonds is 2. The van der Waals surface area contributed by atoms with E-state index in [-0.39, 0.29) is 14.7 Å². The van der Waals surface area contributed by atoms with Gasteiger partial charge in [0.25, 0.3) is 0 Å². The van der Waals surface area contributed by atoms with Crippen molar-refractivity contribution in [3.05, 3.63) is 25.7 Å². The summed E-state index contributed by atoms with van der Waals surface area (Å²) in [6.07, 6.45) is 0. The monoisotopic (exact) mass is 303 g/mol. The Hall–Kier alpha value is 0.0200. The van der Waals surface area contributed by atoms with E-state index < -0.39 is 5.23 Å². The van der Waals surface area contributed by atoms with Crippen molar-refractivity contribution in [3.8, 4) is 0 Å². The molecule has 0 bridgehead atoms. The van der Waals surface area contributed by atoms with E-state index in [1.807, 2.05) is 0 Å². The van der Waals surface area contributed by atoms with Gasteiger partial charge in [-0.3, -0.25) is 0 Å². The highest BCUT2D eigenvalue weighted by atomic mass is 79.9. The Morgan fingerprint density at radius 3 is 2.29 bits per heavy atom. The first-order valence-electron chi connectivity index (χ1n) is 3.70. The van der Waals surface area contributed by atoms with Crippen LogP contribution in [0.15, 0.2) is 20.5 Å². The molecule has 1 fully saturated rings. The Balaban J connectivity index is 3.07. The quantitative estimate of drug-likeness (QED) is 0.549. The van der Waals surface area contributed by atoms with Crippen LogP contribution in [0.2, 0.25) is 0 Å². The minimum Gasteiger partial charge on any atom is -0.595 e. The lowest BCUT2D eigenvalue weighted by atomic mass is 10.4. The van der Waals surface area contributed by atoms with Gasteiger partial charge in [0.15, 0.2) is 5.82 Å². The van der Waals surface area contributed by atoms with E-state index >= 15 is 0 Å². The van der Waals surface area contributed by atoms with Crippen LogP contribution in [0.1, 0.15) is 0 Å². The first kappa shape index (κ1) is 12.1. The van der Waals surface area contributed by atoms with E-state index in [1.54, 1.807) is 0 Å². The van der Waals surface area contributed by atoms with Gasteiger partial charge in [0, 0.05) is 13.1 Å². The summed E-state index contributed by atoms with van der Waals surface area (Å²) in [6.45, 7) is 1.33. The molecule has 80 valence electrons. The van der Waals surface area contributed by atoms with E-state index in [1.165, 1.54) is 0 Å². The van der Waals surface area contributed by atoms with E-state index in [0.29, 0.717) is 18.9 Å². The summed E-state index contributed by atoms with van der Waals surface area (Å²) in [5.74, 6) is 0.389. The molecular weight excluding hydrogens is 297 g/mol. The number of nitrogens with one attached hydrogen (secondary N) is 3. The third-order valence-corrected chi connectivity index (χ3v) is 2.87. The zero-order chi connectivity index (χ0) is 10.7. The largest absolute Gasteiger partial charge is 0.595 e. The Morgan fingerprint density at radius 2 is 1.93 bits per heavy atom. The molecule has 5 nitrogen and oxygen atoms in total. The summed E-state index contributed by atoms with van der Waals surface area (Å²) in [4.78, 5) is 0. The maximum absolute atomic E-state index is 10.9. The lowest BCUT2D eigenvalue weighted by Crippen LogP contribution is -3.03. The maximum atomic E-state index is 10.9. The minimum absolute atomic E-state index is 0.0314. The standard InChI is InChI=1S/C6H8BrCl2N3O2/c7-5(9)3(8)4(12(13)14)6-10-1-2-11-6/h10-13H,1-2H2/b5-3+. The highest BCUT2D eigenvalue weighted by molar-refractivity contribution is 9.12. The van der Waals surface area contributed by atoms with Gasteiger partial charge in [-0.15, -0.1) is 0 Å². The van der Waals surface area contributed by atoms with Gasteiger partial charge in [0.2, 0.25) is 5.70 Å². The second kappa shape index (κ2) is 5.20. The first-order chi connectivity index (χ1) is 6.54. The zero-order valence-corrected chi connectivity index (χ0v) is 10.0. The lowest BCUT2D eigenvalue weighted by molar-refractivity contribution is -1.01. The molecule has 1 aliphatic rings. The van der Waals surface area contributed by atoms with E-state index in [0.717, 1.165) is 0 Å². The molecule has 0 aromatic heterocycles. The van der Waals surface area contributed by atoms with Crippen molar-refractivity contribution in [2.75, 3.05) is 13.1 Å². The molecule has 0 saturated carbocycles. The molecule has 0 spiro atoms. The van der Waals surface area contributed by atoms with Gasteiger partial charge in [-0.25, -0.2) is 5.21 Å². The first-order valence-corrected chi connectivity index (χ1v) is 5.25. The molecule has 1 unspecified atom stereocenters. The zero-order valence-electron chi connectivity index (χ0n) is 6.90. The average Bonchev–Trinajstić information content (AvgIpc) is 2.56. The summed E-state index contributed by atoms with van der Waals surface area (Å²) >= 11 is 14.2. The van der Waals surface area contributed by atoms with Gasteiger partial charge in [0.05, 0.1) is 0 Å². The number of hydroxylamine groups is 2. The third kappa shape index (κ3) is 2.75. The molecule has 4 N–H and O–H groups in total. The Labute approximate surface area is 99.0 Å². The fourth-order valence-corrected chi connectivity index (χ4v) is 1.49. The van der Waals surface area contributed by atoms with Crippen molar-refractivity contribution in [2.45, 2.75) is 0 Å². The normalized spacial score (nSPS) is 19.6. The lowest BCUT2D eigenvalue weighted by Gasteiger charge is -2.17. The molecule has 1 aliphatic heterocycles. The Morgan fingerprint density at radius 1 is 1.43 bits per heavy atom. The number of hydrogen-bond acceptors (Lipinski definition) is 4. The molecule has 1 saturated heterocycles. The van der Waals surface area contributed by atoms with Crippen LogP contribution in [-0.4, -0.2) is 18.3 Å². The highest BCUT2D eigenvalue weighted by Gasteiger charge is 2.22. The van der Waals surface area contributed by atoms with Crippen LogP contribution in [-0.2, 0) is 0 Å². The van der Waals surface area contributed by atoms with Crippen molar-refractivity contribution in [1.29, 1.82) is 0 Å². The third-order valence-electron chi connectivity index (χ3n) is 1.58. The molecule has 8 heteroatoms. The van der Waals surface area contributed by atoms with Gasteiger partial charge in [-0.05, 0) is 15.9 Å². The van der Waals surface area contributed by atoms with Crippen LogP contribution >= 0.6 is 39.1 Å². The average molecular weight is 305 g/mol. The number of quaternary nitrogens is 1. The minimum atomic E-state index is -1.13. The van der Waals surface area contributed by atoms with Crippen LogP contribution in [0.4, 0.5) is 0 Å². The van der Waals surface area contributed by atoms with Crippen molar-refractivity contribution < 1.29 is 10.4 Å². The fraction of sp³-hybridized carbons (Fsp3) is 0.333. The van der Waals surface area contributed by atoms with Gasteiger partial charge in [-0.1, -0.05) is 23.2 Å². The molecule has 0 aliphatic carbocycles. The summed E-state index contributed by atoms with van der Waals surface area (Å²) in [5.41, 5.74) is -0.0639. The van der Waals surface area contributed by atoms with Gasteiger partial charge in [0.1, 0.15) is 8.97 Å². The summed E-state index contributed by atoms with van der Waals surface area (Å²) in [5, 5.41) is 24.4. The van der Waals surface area contributed by atoms with E-state index in [2.05, 4.69) is 26.6 Å². The topological polar surface area (TPSA) is 71.8 Å². The van der Waals surface area contributed by atoms with Crippen LogP contribution in [0.25, 0.3) is 0 Å². The second-order valence-corrected chi connectivity index (χ2v) is 4.49. The molecule has 0 aromatic rings. The smallest absolute Gasteiger partial charge is 0.225 e. The fourth-order valence-electron chi connectivity index (χ4n) is 1.02. The van der Waals surface area contributed by atoms with Gasteiger partial charge < -0.3 is 15.8 Å². The molecule has 0 aromatic carbocycles. The Kier molecular flexibility index (Phi) is 4.49. The van der Waals surface area contributed by atoms with E-state index in [9.17, 15) is 5.21 Å². The molecule has 1 atom stereocenters. The second-order valence-electron chi connectivity index (χ2n) is 2.48. The predicted octanol–water partition coefficient (Wildman–Crippen LogP) is 0.162. The summed E-state index contributed by atoms with van der Waals surface area (Å²) < 4.78 is 0.0690. The van der Waals surface area contributed by atoms with E-state index in [4.69, 9.17) is 28.4 Å². The van der Waals surface area contributed by atoms with Gasteiger partial charge >= 0.3 is 0 Å². The van der Waals surface area contributed by atoms with Gasteiger partial charge in [-0.2, -0.15) is 5.23 Å².